The van der Waals surface area contributed by atoms with Crippen LogP contribution in [0.15, 0.2) is 0 Å². The number of piperidine rings is 1. The number of nitrogens with one attached hydrogen (secondary N) is 1. The summed E-state index contributed by atoms with van der Waals surface area (Å²) in [4.78, 5) is 13.4. The van der Waals surface area contributed by atoms with Gasteiger partial charge in [-0.25, -0.2) is 0 Å². The minimum Gasteiger partial charge on any atom is -0.393 e. The van der Waals surface area contributed by atoms with E-state index in [1.807, 2.05) is 6.92 Å². The van der Waals surface area contributed by atoms with Gasteiger partial charge in [0.1, 0.15) is 0 Å². The largest absolute Gasteiger partial charge is 0.393 e. The van der Waals surface area contributed by atoms with Crippen molar-refractivity contribution in [1.29, 1.82) is 0 Å². The van der Waals surface area contributed by atoms with Gasteiger partial charge in [-0.05, 0) is 32.2 Å². The number of nitrogens with zero attached hydrogens (tertiary/aromatic N) is 1. The summed E-state index contributed by atoms with van der Waals surface area (Å²) in [5, 5.41) is 12.1. The van der Waals surface area contributed by atoms with Crippen LogP contribution in [-0.4, -0.2) is 48.7 Å². The zero-order valence-electron chi connectivity index (χ0n) is 9.70. The van der Waals surface area contributed by atoms with Crippen molar-refractivity contribution >= 4 is 5.91 Å². The highest BCUT2D eigenvalue weighted by Crippen LogP contribution is 2.19. The predicted molar refractivity (Wildman–Crippen MR) is 59.5 cm³/mol. The molecule has 15 heavy (non-hydrogen) atoms. The van der Waals surface area contributed by atoms with Crippen molar-refractivity contribution in [3.8, 4) is 0 Å². The summed E-state index contributed by atoms with van der Waals surface area (Å²) in [6, 6.07) is 0. The number of aliphatic hydroxyl groups is 1. The Hall–Kier alpha value is -0.610. The smallest absolute Gasteiger partial charge is 0.221 e. The van der Waals surface area contributed by atoms with Crippen molar-refractivity contribution in [2.75, 3.05) is 26.7 Å². The SMILES string of the molecule is CNC(=O)CCN1CCCC(C(C)O)C1. The molecule has 0 radical (unpaired) electrons. The summed E-state index contributed by atoms with van der Waals surface area (Å²) >= 11 is 0. The average Bonchev–Trinajstić information content (AvgIpc) is 2.26. The fraction of sp³-hybridized carbons (Fsp3) is 0.909. The third-order valence-electron chi connectivity index (χ3n) is 3.16. The van der Waals surface area contributed by atoms with Crippen LogP contribution in [0.5, 0.6) is 0 Å². The number of hydrogen-bond acceptors (Lipinski definition) is 3. The van der Waals surface area contributed by atoms with Gasteiger partial charge >= 0.3 is 0 Å². The molecule has 1 fully saturated rings. The molecule has 0 spiro atoms. The average molecular weight is 214 g/mol. The van der Waals surface area contributed by atoms with E-state index in [9.17, 15) is 9.90 Å². The summed E-state index contributed by atoms with van der Waals surface area (Å²) in [7, 11) is 1.66. The molecule has 0 aliphatic carbocycles. The van der Waals surface area contributed by atoms with Crippen LogP contribution in [-0.2, 0) is 4.79 Å². The predicted octanol–water partition coefficient (Wildman–Crippen LogP) is 0.215. The molecule has 0 aromatic rings. The van der Waals surface area contributed by atoms with Crippen LogP contribution < -0.4 is 5.32 Å². The van der Waals surface area contributed by atoms with E-state index in [2.05, 4.69) is 10.2 Å². The van der Waals surface area contributed by atoms with Gasteiger partial charge in [0.25, 0.3) is 0 Å². The minimum atomic E-state index is -0.229. The van der Waals surface area contributed by atoms with Crippen LogP contribution >= 0.6 is 0 Å². The van der Waals surface area contributed by atoms with Crippen LogP contribution in [0.1, 0.15) is 26.2 Å². The molecule has 0 saturated carbocycles. The molecule has 1 heterocycles. The number of carbonyl (C=O) groups excluding carboxylic acids is 1. The van der Waals surface area contributed by atoms with E-state index < -0.39 is 0 Å². The minimum absolute atomic E-state index is 0.0918. The first-order valence-electron chi connectivity index (χ1n) is 5.74. The van der Waals surface area contributed by atoms with Crippen LogP contribution in [0, 0.1) is 5.92 Å². The van der Waals surface area contributed by atoms with Crippen molar-refractivity contribution in [3.63, 3.8) is 0 Å². The summed E-state index contributed by atoms with van der Waals surface area (Å²) < 4.78 is 0. The summed E-state index contributed by atoms with van der Waals surface area (Å²) in [6.45, 7) is 4.64. The summed E-state index contributed by atoms with van der Waals surface area (Å²) in [5.41, 5.74) is 0. The molecule has 4 nitrogen and oxygen atoms in total. The van der Waals surface area contributed by atoms with Crippen molar-refractivity contribution in [3.05, 3.63) is 0 Å². The maximum Gasteiger partial charge on any atom is 0.221 e. The molecular weight excluding hydrogens is 192 g/mol. The molecule has 2 unspecified atom stereocenters. The molecule has 1 saturated heterocycles. The highest BCUT2D eigenvalue weighted by Gasteiger charge is 2.23. The standard InChI is InChI=1S/C11H22N2O2/c1-9(14)10-4-3-6-13(8-10)7-5-11(15)12-2/h9-10,14H,3-8H2,1-2H3,(H,12,15). The maximum atomic E-state index is 11.1. The molecule has 1 amide bonds. The lowest BCUT2D eigenvalue weighted by molar-refractivity contribution is -0.121. The summed E-state index contributed by atoms with van der Waals surface area (Å²) in [5.74, 6) is 0.470. The molecule has 2 N–H and O–H groups in total. The van der Waals surface area contributed by atoms with Gasteiger partial charge in [-0.1, -0.05) is 0 Å². The van der Waals surface area contributed by atoms with E-state index in [0.717, 1.165) is 32.5 Å². The molecule has 0 aromatic heterocycles. The van der Waals surface area contributed by atoms with Crippen LogP contribution in [0.3, 0.4) is 0 Å². The molecule has 1 aliphatic rings. The highest BCUT2D eigenvalue weighted by molar-refractivity contribution is 5.75. The zero-order valence-corrected chi connectivity index (χ0v) is 9.70. The van der Waals surface area contributed by atoms with Gasteiger partial charge in [-0.15, -0.1) is 0 Å². The fourth-order valence-corrected chi connectivity index (χ4v) is 2.07. The Morgan fingerprint density at radius 2 is 2.40 bits per heavy atom. The number of rotatable bonds is 4. The quantitative estimate of drug-likeness (QED) is 0.703. The van der Waals surface area contributed by atoms with Crippen LogP contribution in [0.4, 0.5) is 0 Å². The van der Waals surface area contributed by atoms with E-state index in [1.54, 1.807) is 7.05 Å². The normalized spacial score (nSPS) is 24.9. The molecule has 1 aliphatic heterocycles. The Balaban J connectivity index is 2.27. The van der Waals surface area contributed by atoms with Crippen molar-refractivity contribution in [1.82, 2.24) is 10.2 Å². The van der Waals surface area contributed by atoms with Gasteiger partial charge in [0.2, 0.25) is 5.91 Å². The number of carbonyl (C=O) groups is 1. The first-order chi connectivity index (χ1) is 7.13. The third kappa shape index (κ3) is 4.18. The van der Waals surface area contributed by atoms with E-state index in [0.29, 0.717) is 12.3 Å². The molecule has 1 rings (SSSR count). The Labute approximate surface area is 91.6 Å². The first-order valence-corrected chi connectivity index (χ1v) is 5.74. The van der Waals surface area contributed by atoms with Crippen LogP contribution in [0.25, 0.3) is 0 Å². The number of aliphatic hydroxyl groups excluding tert-OH is 1. The van der Waals surface area contributed by atoms with Gasteiger partial charge in [-0.3, -0.25) is 4.79 Å². The fourth-order valence-electron chi connectivity index (χ4n) is 2.07. The lowest BCUT2D eigenvalue weighted by atomic mass is 9.93. The Morgan fingerprint density at radius 3 is 3.00 bits per heavy atom. The van der Waals surface area contributed by atoms with E-state index in [1.165, 1.54) is 0 Å². The highest BCUT2D eigenvalue weighted by atomic mass is 16.3. The van der Waals surface area contributed by atoms with Gasteiger partial charge in [0.05, 0.1) is 6.10 Å². The topological polar surface area (TPSA) is 52.6 Å². The summed E-state index contributed by atoms with van der Waals surface area (Å²) in [6.07, 6.45) is 2.56. The van der Waals surface area contributed by atoms with Crippen molar-refractivity contribution < 1.29 is 9.90 Å². The maximum absolute atomic E-state index is 11.1. The molecule has 0 aromatic carbocycles. The first kappa shape index (κ1) is 12.5. The molecule has 0 bridgehead atoms. The lowest BCUT2D eigenvalue weighted by Crippen LogP contribution is -2.41. The van der Waals surface area contributed by atoms with Crippen molar-refractivity contribution in [2.45, 2.75) is 32.3 Å². The van der Waals surface area contributed by atoms with Gasteiger partial charge in [-0.2, -0.15) is 0 Å². The second-order valence-corrected chi connectivity index (χ2v) is 4.37. The van der Waals surface area contributed by atoms with Crippen molar-refractivity contribution in [2.24, 2.45) is 5.92 Å². The Bertz CT molecular complexity index is 207. The monoisotopic (exact) mass is 214 g/mol. The van der Waals surface area contributed by atoms with Gasteiger partial charge < -0.3 is 15.3 Å². The molecule has 2 atom stereocenters. The second-order valence-electron chi connectivity index (χ2n) is 4.37. The lowest BCUT2D eigenvalue weighted by Gasteiger charge is -2.33. The van der Waals surface area contributed by atoms with E-state index in [-0.39, 0.29) is 12.0 Å². The number of amides is 1. The third-order valence-corrected chi connectivity index (χ3v) is 3.16. The Kier molecular flexibility index (Phi) is 5.05. The number of likely N-dealkylation sites (tertiary alicyclic amines) is 1. The second kappa shape index (κ2) is 6.08. The Morgan fingerprint density at radius 1 is 1.67 bits per heavy atom. The molecular formula is C11H22N2O2. The van der Waals surface area contributed by atoms with Crippen LogP contribution in [0.2, 0.25) is 0 Å². The molecule has 4 heteroatoms. The van der Waals surface area contributed by atoms with Gasteiger partial charge in [0, 0.05) is 26.6 Å². The number of hydrogen-bond donors (Lipinski definition) is 2. The van der Waals surface area contributed by atoms with E-state index in [4.69, 9.17) is 0 Å². The molecule has 88 valence electrons. The zero-order chi connectivity index (χ0) is 11.3. The van der Waals surface area contributed by atoms with Gasteiger partial charge in [0.15, 0.2) is 0 Å². The van der Waals surface area contributed by atoms with E-state index >= 15 is 0 Å².